The van der Waals surface area contributed by atoms with Gasteiger partial charge in [-0.2, -0.15) is 0 Å². The van der Waals surface area contributed by atoms with Crippen LogP contribution in [0.1, 0.15) is 122 Å². The topological polar surface area (TPSA) is 143 Å². The van der Waals surface area contributed by atoms with Crippen molar-refractivity contribution in [1.82, 2.24) is 15.6 Å². The number of unbranched alkanes of at least 4 members (excludes halogenated alkanes) is 13. The largest absolute Gasteiger partial charge is 0.368 e. The molecule has 0 unspecified atom stereocenters. The first-order valence-electron chi connectivity index (χ1n) is 16.1. The lowest BCUT2D eigenvalue weighted by molar-refractivity contribution is -0.131. The number of aromatic nitrogens is 1. The number of hydrogen-bond donors (Lipinski definition) is 5. The van der Waals surface area contributed by atoms with Crippen LogP contribution in [0.3, 0.4) is 0 Å². The van der Waals surface area contributed by atoms with Crippen LogP contribution >= 0.6 is 0 Å². The number of benzene rings is 1. The van der Waals surface area contributed by atoms with Crippen molar-refractivity contribution in [3.63, 3.8) is 0 Å². The number of nitrogens with one attached hydrogen (secondary N) is 3. The van der Waals surface area contributed by atoms with Crippen molar-refractivity contribution in [2.45, 2.75) is 135 Å². The first kappa shape index (κ1) is 34.3. The van der Waals surface area contributed by atoms with Crippen LogP contribution in [0.2, 0.25) is 0 Å². The molecule has 2 aromatic rings. The van der Waals surface area contributed by atoms with Crippen LogP contribution in [0.5, 0.6) is 0 Å². The molecule has 8 heteroatoms. The average molecular weight is 570 g/mol. The lowest BCUT2D eigenvalue weighted by Gasteiger charge is -2.22. The third-order valence-corrected chi connectivity index (χ3v) is 7.86. The zero-order valence-corrected chi connectivity index (χ0v) is 25.4. The molecular weight excluding hydrogens is 514 g/mol. The van der Waals surface area contributed by atoms with Crippen LogP contribution in [-0.4, -0.2) is 41.3 Å². The summed E-state index contributed by atoms with van der Waals surface area (Å²) in [6.45, 7) is 2.77. The van der Waals surface area contributed by atoms with E-state index in [-0.39, 0.29) is 5.91 Å². The molecule has 0 spiro atoms. The summed E-state index contributed by atoms with van der Waals surface area (Å²) in [4.78, 5) is 41.4. The predicted octanol–water partition coefficient (Wildman–Crippen LogP) is 5.78. The normalized spacial score (nSPS) is 12.7. The molecule has 41 heavy (non-hydrogen) atoms. The Morgan fingerprint density at radius 2 is 1.39 bits per heavy atom. The average Bonchev–Trinajstić information content (AvgIpc) is 3.37. The van der Waals surface area contributed by atoms with E-state index in [0.29, 0.717) is 32.2 Å². The molecule has 7 N–H and O–H groups in total. The molecule has 0 radical (unpaired) electrons. The van der Waals surface area contributed by atoms with Crippen molar-refractivity contribution in [3.8, 4) is 0 Å². The van der Waals surface area contributed by atoms with Gasteiger partial charge in [-0.25, -0.2) is 0 Å². The minimum Gasteiger partial charge on any atom is -0.368 e. The maximum absolute atomic E-state index is 13.3. The summed E-state index contributed by atoms with van der Waals surface area (Å²) in [5.41, 5.74) is 13.0. The van der Waals surface area contributed by atoms with Crippen LogP contribution in [0.4, 0.5) is 0 Å². The Morgan fingerprint density at radius 3 is 2.00 bits per heavy atom. The summed E-state index contributed by atoms with van der Waals surface area (Å²) in [7, 11) is 0. The quantitative estimate of drug-likeness (QED) is 0.102. The Bertz CT molecular complexity index is 1020. The highest BCUT2D eigenvalue weighted by atomic mass is 16.2. The number of H-pyrrole nitrogens is 1. The van der Waals surface area contributed by atoms with E-state index in [1.54, 1.807) is 0 Å². The van der Waals surface area contributed by atoms with Crippen LogP contribution in [0.15, 0.2) is 30.5 Å². The predicted molar refractivity (Wildman–Crippen MR) is 168 cm³/mol. The number of rotatable bonds is 24. The number of amides is 3. The van der Waals surface area contributed by atoms with E-state index in [9.17, 15) is 14.4 Å². The Labute approximate surface area is 247 Å². The number of aromatic amines is 1. The van der Waals surface area contributed by atoms with Gasteiger partial charge in [-0.1, -0.05) is 102 Å². The molecule has 0 bridgehead atoms. The Kier molecular flexibility index (Phi) is 17.5. The van der Waals surface area contributed by atoms with Gasteiger partial charge in [-0.3, -0.25) is 14.4 Å². The van der Waals surface area contributed by atoms with Crippen molar-refractivity contribution >= 4 is 28.6 Å². The number of para-hydroxylation sites is 1. The van der Waals surface area contributed by atoms with Gasteiger partial charge in [0.05, 0.1) is 0 Å². The third-order valence-electron chi connectivity index (χ3n) is 7.86. The maximum atomic E-state index is 13.3. The summed E-state index contributed by atoms with van der Waals surface area (Å²) in [5.74, 6) is -1.13. The van der Waals surface area contributed by atoms with E-state index in [1.807, 2.05) is 30.5 Å². The molecule has 0 saturated carbocycles. The fraction of sp³-hybridized carbons (Fsp3) is 0.667. The summed E-state index contributed by atoms with van der Waals surface area (Å²) in [6, 6.07) is 6.26. The number of carbonyl (C=O) groups excluding carboxylic acids is 3. The number of primary amides is 1. The second kappa shape index (κ2) is 20.9. The van der Waals surface area contributed by atoms with Crippen molar-refractivity contribution in [2.24, 2.45) is 11.5 Å². The van der Waals surface area contributed by atoms with Gasteiger partial charge in [0.15, 0.2) is 0 Å². The summed E-state index contributed by atoms with van der Waals surface area (Å²) in [5, 5.41) is 6.72. The standard InChI is InChI=1S/C33H55N5O3/c1-2-3-4-5-6-7-8-9-10-11-12-13-14-22-31(39)37-30(24-26-25-36-28-20-16-15-19-27(26)28)33(41)38-29(32(35)40)21-17-18-23-34/h15-16,19-20,25,29-30,36H,2-14,17-18,21-24,34H2,1H3,(H2,35,40)(H,37,39)(H,38,41)/t29-,30-/m0/s1. The minimum atomic E-state index is -0.806. The van der Waals surface area contributed by atoms with E-state index < -0.39 is 23.9 Å². The Hall–Kier alpha value is -2.87. The van der Waals surface area contributed by atoms with Crippen LogP contribution in [0.25, 0.3) is 10.9 Å². The Morgan fingerprint density at radius 1 is 0.780 bits per heavy atom. The molecule has 2 atom stereocenters. The third kappa shape index (κ3) is 14.0. The summed E-state index contributed by atoms with van der Waals surface area (Å²) >= 11 is 0. The highest BCUT2D eigenvalue weighted by molar-refractivity contribution is 5.92. The minimum absolute atomic E-state index is 0.146. The molecule has 1 aromatic heterocycles. The molecule has 230 valence electrons. The second-order valence-corrected chi connectivity index (χ2v) is 11.4. The molecule has 3 amide bonds. The molecule has 2 rings (SSSR count). The van der Waals surface area contributed by atoms with Crippen molar-refractivity contribution in [2.75, 3.05) is 6.54 Å². The van der Waals surface area contributed by atoms with Gasteiger partial charge in [0.1, 0.15) is 12.1 Å². The first-order valence-corrected chi connectivity index (χ1v) is 16.1. The van der Waals surface area contributed by atoms with E-state index in [1.165, 1.54) is 64.2 Å². The van der Waals surface area contributed by atoms with Gasteiger partial charge in [0.25, 0.3) is 0 Å². The fourth-order valence-electron chi connectivity index (χ4n) is 5.35. The van der Waals surface area contributed by atoms with Gasteiger partial charge in [0.2, 0.25) is 17.7 Å². The molecule has 0 fully saturated rings. The first-order chi connectivity index (χ1) is 20.0. The lowest BCUT2D eigenvalue weighted by atomic mass is 10.0. The molecular formula is C33H55N5O3. The van der Waals surface area contributed by atoms with Crippen LogP contribution in [0, 0.1) is 0 Å². The SMILES string of the molecule is CCCCCCCCCCCCCCCC(=O)N[C@@H](Cc1c[nH]c2ccccc12)C(=O)N[C@@H](CCCCN)C(N)=O. The fourth-order valence-corrected chi connectivity index (χ4v) is 5.35. The molecule has 0 aliphatic rings. The van der Waals surface area contributed by atoms with Crippen LogP contribution < -0.4 is 22.1 Å². The lowest BCUT2D eigenvalue weighted by Crippen LogP contribution is -2.53. The number of nitrogens with two attached hydrogens (primary N) is 2. The summed E-state index contributed by atoms with van der Waals surface area (Å²) in [6.07, 6.45) is 20.6. The summed E-state index contributed by atoms with van der Waals surface area (Å²) < 4.78 is 0. The highest BCUT2D eigenvalue weighted by Crippen LogP contribution is 2.20. The Balaban J connectivity index is 1.80. The van der Waals surface area contributed by atoms with Gasteiger partial charge in [0, 0.05) is 29.9 Å². The van der Waals surface area contributed by atoms with Gasteiger partial charge < -0.3 is 27.1 Å². The van der Waals surface area contributed by atoms with E-state index in [2.05, 4.69) is 22.5 Å². The van der Waals surface area contributed by atoms with Gasteiger partial charge >= 0.3 is 0 Å². The maximum Gasteiger partial charge on any atom is 0.243 e. The number of hydrogen-bond acceptors (Lipinski definition) is 4. The smallest absolute Gasteiger partial charge is 0.243 e. The monoisotopic (exact) mass is 569 g/mol. The van der Waals surface area contributed by atoms with E-state index >= 15 is 0 Å². The second-order valence-electron chi connectivity index (χ2n) is 11.4. The zero-order chi connectivity index (χ0) is 29.7. The number of fused-ring (bicyclic) bond motifs is 1. The molecule has 0 aliphatic carbocycles. The molecule has 0 saturated heterocycles. The van der Waals surface area contributed by atoms with Crippen LogP contribution in [-0.2, 0) is 20.8 Å². The molecule has 8 nitrogen and oxygen atoms in total. The van der Waals surface area contributed by atoms with Crippen molar-refractivity contribution in [3.05, 3.63) is 36.0 Å². The van der Waals surface area contributed by atoms with E-state index in [0.717, 1.165) is 42.1 Å². The molecule has 0 aliphatic heterocycles. The van der Waals surface area contributed by atoms with Gasteiger partial charge in [-0.15, -0.1) is 0 Å². The number of carbonyl (C=O) groups is 3. The van der Waals surface area contributed by atoms with Gasteiger partial charge in [-0.05, 0) is 43.9 Å². The molecule has 1 heterocycles. The van der Waals surface area contributed by atoms with E-state index in [4.69, 9.17) is 11.5 Å². The van der Waals surface area contributed by atoms with Crippen molar-refractivity contribution < 1.29 is 14.4 Å². The van der Waals surface area contributed by atoms with Crippen molar-refractivity contribution in [1.29, 1.82) is 0 Å². The zero-order valence-electron chi connectivity index (χ0n) is 25.4. The highest BCUT2D eigenvalue weighted by Gasteiger charge is 2.26. The molecule has 1 aromatic carbocycles.